The largest absolute Gasteiger partial charge is 0.313 e. The smallest absolute Gasteiger partial charge is 0.0753 e. The molecule has 0 amide bonds. The molecule has 1 aliphatic heterocycles. The van der Waals surface area contributed by atoms with Crippen molar-refractivity contribution in [2.45, 2.75) is 45.2 Å². The van der Waals surface area contributed by atoms with Gasteiger partial charge in [-0.2, -0.15) is 5.06 Å². The van der Waals surface area contributed by atoms with Crippen molar-refractivity contribution in [3.63, 3.8) is 0 Å². The monoisotopic (exact) mass is 243 g/mol. The molecule has 0 bridgehead atoms. The Kier molecular flexibility index (Phi) is 2.51. The molecular weight excluding hydrogens is 225 g/mol. The number of rotatable bonds is 0. The first-order valence-corrected chi connectivity index (χ1v) is 6.52. The van der Waals surface area contributed by atoms with Crippen molar-refractivity contribution in [1.29, 1.82) is 0 Å². The average Bonchev–Trinajstić information content (AvgIpc) is 2.43. The van der Waals surface area contributed by atoms with E-state index in [-0.39, 0.29) is 11.1 Å². The molecule has 4 heteroatoms. The molecule has 0 radical (unpaired) electrons. The Morgan fingerprint density at radius 1 is 1.40 bits per heavy atom. The summed E-state index contributed by atoms with van der Waals surface area (Å²) in [6.45, 7) is 8.32. The first-order valence-electron chi connectivity index (χ1n) is 5.13. The molecular formula is C11H18NOPS. The lowest BCUT2D eigenvalue weighted by Crippen LogP contribution is -2.56. The molecule has 0 aliphatic carbocycles. The predicted octanol–water partition coefficient (Wildman–Crippen LogP) is 2.51. The summed E-state index contributed by atoms with van der Waals surface area (Å²) in [4.78, 5) is 1.29. The van der Waals surface area contributed by atoms with Gasteiger partial charge in [-0.05, 0) is 45.7 Å². The second kappa shape index (κ2) is 3.27. The van der Waals surface area contributed by atoms with Crippen molar-refractivity contribution in [3.8, 4) is 0 Å². The lowest BCUT2D eigenvalue weighted by molar-refractivity contribution is -0.232. The Labute approximate surface area is 97.5 Å². The zero-order valence-electron chi connectivity index (χ0n) is 9.66. The van der Waals surface area contributed by atoms with E-state index in [2.05, 4.69) is 43.0 Å². The van der Waals surface area contributed by atoms with E-state index in [1.54, 1.807) is 11.3 Å². The Bertz CT molecular complexity index is 397. The number of hydrogen-bond acceptors (Lipinski definition) is 3. The van der Waals surface area contributed by atoms with Crippen LogP contribution in [0.4, 0.5) is 0 Å². The lowest BCUT2D eigenvalue weighted by Gasteiger charge is -2.48. The van der Waals surface area contributed by atoms with Crippen molar-refractivity contribution in [3.05, 3.63) is 16.5 Å². The standard InChI is InChI=1S/C11H18NOPS/c1-10(2)6-7-5-8(14)15-9(7)11(3,4)12(10)13/h5,13H,6,14H2,1-4H3. The molecule has 0 saturated carbocycles. The molecule has 2 rings (SSSR count). The van der Waals surface area contributed by atoms with Crippen LogP contribution in [0.1, 0.15) is 38.1 Å². The second-order valence-electron chi connectivity index (χ2n) is 5.36. The van der Waals surface area contributed by atoms with Gasteiger partial charge in [-0.3, -0.25) is 0 Å². The van der Waals surface area contributed by atoms with Gasteiger partial charge in [-0.1, -0.05) is 9.24 Å². The van der Waals surface area contributed by atoms with Crippen molar-refractivity contribution < 1.29 is 5.21 Å². The van der Waals surface area contributed by atoms with Gasteiger partial charge in [-0.25, -0.2) is 0 Å². The highest BCUT2D eigenvalue weighted by Gasteiger charge is 2.45. The summed E-state index contributed by atoms with van der Waals surface area (Å²) in [7, 11) is 2.75. The third-order valence-corrected chi connectivity index (χ3v) is 4.95. The molecule has 0 spiro atoms. The van der Waals surface area contributed by atoms with Gasteiger partial charge in [0.15, 0.2) is 0 Å². The van der Waals surface area contributed by atoms with E-state index in [0.717, 1.165) is 6.42 Å². The van der Waals surface area contributed by atoms with Gasteiger partial charge < -0.3 is 5.21 Å². The molecule has 84 valence electrons. The van der Waals surface area contributed by atoms with Crippen molar-refractivity contribution in [2.75, 3.05) is 0 Å². The summed E-state index contributed by atoms with van der Waals surface area (Å²) in [6, 6.07) is 2.22. The first-order chi connectivity index (χ1) is 6.75. The number of fused-ring (bicyclic) bond motifs is 1. The minimum Gasteiger partial charge on any atom is -0.313 e. The highest BCUT2D eigenvalue weighted by Crippen LogP contribution is 2.43. The molecule has 1 unspecified atom stereocenters. The van der Waals surface area contributed by atoms with Crippen LogP contribution >= 0.6 is 20.6 Å². The van der Waals surface area contributed by atoms with Gasteiger partial charge in [0, 0.05) is 15.0 Å². The van der Waals surface area contributed by atoms with Gasteiger partial charge in [0.25, 0.3) is 0 Å². The fourth-order valence-corrected chi connectivity index (χ4v) is 4.08. The van der Waals surface area contributed by atoms with Gasteiger partial charge in [0.05, 0.1) is 5.54 Å². The van der Waals surface area contributed by atoms with Crippen LogP contribution in [0.15, 0.2) is 6.07 Å². The van der Waals surface area contributed by atoms with Crippen molar-refractivity contribution >= 4 is 25.2 Å². The topological polar surface area (TPSA) is 23.5 Å². The van der Waals surface area contributed by atoms with E-state index in [9.17, 15) is 5.21 Å². The van der Waals surface area contributed by atoms with Crippen LogP contribution in [0.3, 0.4) is 0 Å². The zero-order chi connectivity index (χ0) is 11.4. The Morgan fingerprint density at radius 3 is 2.60 bits per heavy atom. The summed E-state index contributed by atoms with van der Waals surface area (Å²) in [5.74, 6) is 0. The quantitative estimate of drug-likeness (QED) is 0.708. The third kappa shape index (κ3) is 1.66. The minimum absolute atomic E-state index is 0.186. The summed E-state index contributed by atoms with van der Waals surface area (Å²) < 4.78 is 1.25. The molecule has 1 atom stereocenters. The SMILES string of the molecule is CC1(C)Cc2cc(P)sc2C(C)(C)N1O. The normalized spacial score (nSPS) is 23.9. The van der Waals surface area contributed by atoms with Crippen LogP contribution < -0.4 is 4.62 Å². The second-order valence-corrected chi connectivity index (χ2v) is 7.49. The number of hydroxylamine groups is 2. The lowest BCUT2D eigenvalue weighted by atomic mass is 9.82. The zero-order valence-corrected chi connectivity index (χ0v) is 11.6. The molecule has 15 heavy (non-hydrogen) atoms. The number of thiophene rings is 1. The third-order valence-electron chi connectivity index (χ3n) is 3.11. The van der Waals surface area contributed by atoms with E-state index in [1.807, 2.05) is 0 Å². The van der Waals surface area contributed by atoms with E-state index in [0.29, 0.717) is 0 Å². The first kappa shape index (κ1) is 11.5. The summed E-state index contributed by atoms with van der Waals surface area (Å²) >= 11 is 1.76. The average molecular weight is 243 g/mol. The van der Waals surface area contributed by atoms with Gasteiger partial charge in [-0.15, -0.1) is 11.3 Å². The van der Waals surface area contributed by atoms with E-state index >= 15 is 0 Å². The molecule has 0 fully saturated rings. The van der Waals surface area contributed by atoms with Gasteiger partial charge in [0.2, 0.25) is 0 Å². The maximum atomic E-state index is 10.3. The van der Waals surface area contributed by atoms with Crippen LogP contribution in [0, 0.1) is 0 Å². The molecule has 0 aromatic carbocycles. The maximum absolute atomic E-state index is 10.3. The Balaban J connectivity index is 2.58. The minimum atomic E-state index is -0.281. The van der Waals surface area contributed by atoms with E-state index in [4.69, 9.17) is 0 Å². The van der Waals surface area contributed by atoms with Crippen molar-refractivity contribution in [2.24, 2.45) is 0 Å². The van der Waals surface area contributed by atoms with Crippen LogP contribution in [0.5, 0.6) is 0 Å². The van der Waals surface area contributed by atoms with Gasteiger partial charge >= 0.3 is 0 Å². The highest BCUT2D eigenvalue weighted by molar-refractivity contribution is 7.43. The molecule has 1 aliphatic rings. The number of nitrogens with zero attached hydrogens (tertiary/aromatic N) is 1. The van der Waals surface area contributed by atoms with Crippen LogP contribution in [-0.4, -0.2) is 15.8 Å². The number of hydrogen-bond donors (Lipinski definition) is 1. The molecule has 0 saturated heterocycles. The molecule has 1 aromatic heterocycles. The highest BCUT2D eigenvalue weighted by atomic mass is 32.1. The molecule has 2 nitrogen and oxygen atoms in total. The van der Waals surface area contributed by atoms with Gasteiger partial charge in [0.1, 0.15) is 0 Å². The van der Waals surface area contributed by atoms with Crippen LogP contribution in [0.2, 0.25) is 0 Å². The Morgan fingerprint density at radius 2 is 2.00 bits per heavy atom. The van der Waals surface area contributed by atoms with Crippen LogP contribution in [0.25, 0.3) is 0 Å². The summed E-state index contributed by atoms with van der Waals surface area (Å²) in [6.07, 6.45) is 0.910. The van der Waals surface area contributed by atoms with Crippen LogP contribution in [-0.2, 0) is 12.0 Å². The molecule has 1 N–H and O–H groups in total. The molecule has 2 heterocycles. The fraction of sp³-hybridized carbons (Fsp3) is 0.636. The Hall–Kier alpha value is 0.0500. The van der Waals surface area contributed by atoms with E-state index < -0.39 is 0 Å². The fourth-order valence-electron chi connectivity index (χ4n) is 2.49. The summed E-state index contributed by atoms with van der Waals surface area (Å²) in [5.41, 5.74) is 0.913. The summed E-state index contributed by atoms with van der Waals surface area (Å²) in [5, 5.41) is 11.8. The predicted molar refractivity (Wildman–Crippen MR) is 68.1 cm³/mol. The maximum Gasteiger partial charge on any atom is 0.0753 e. The molecule has 1 aromatic rings. The van der Waals surface area contributed by atoms with E-state index in [1.165, 1.54) is 20.1 Å². The van der Waals surface area contributed by atoms with Crippen molar-refractivity contribution in [1.82, 2.24) is 5.06 Å².